The lowest BCUT2D eigenvalue weighted by molar-refractivity contribution is -0.125. The molecule has 0 bridgehead atoms. The predicted octanol–water partition coefficient (Wildman–Crippen LogP) is 0.188. The lowest BCUT2D eigenvalue weighted by Crippen LogP contribution is -2.30. The molecule has 2 rings (SSSR count). The number of carbonyl (C=O) groups is 2. The molecule has 114 valence electrons. The SMILES string of the molecule is COC(=O)c1ccc(CNC(=O)[C@H]2C[C@H](N)[C@@H](O)C2)cc1. The summed E-state index contributed by atoms with van der Waals surface area (Å²) in [4.78, 5) is 23.3. The van der Waals surface area contributed by atoms with Crippen molar-refractivity contribution >= 4 is 11.9 Å². The van der Waals surface area contributed by atoms with E-state index in [0.29, 0.717) is 24.9 Å². The van der Waals surface area contributed by atoms with Gasteiger partial charge in [-0.05, 0) is 30.5 Å². The molecule has 1 saturated carbocycles. The summed E-state index contributed by atoms with van der Waals surface area (Å²) in [6, 6.07) is 6.52. The number of benzene rings is 1. The molecule has 0 aliphatic heterocycles. The smallest absolute Gasteiger partial charge is 0.337 e. The lowest BCUT2D eigenvalue weighted by Gasteiger charge is -2.10. The second-order valence-corrected chi connectivity index (χ2v) is 5.31. The zero-order chi connectivity index (χ0) is 15.4. The molecule has 1 fully saturated rings. The third kappa shape index (κ3) is 3.80. The van der Waals surface area contributed by atoms with E-state index in [0.717, 1.165) is 5.56 Å². The molecule has 0 radical (unpaired) electrons. The molecule has 1 aliphatic rings. The Morgan fingerprint density at radius 3 is 2.52 bits per heavy atom. The average molecular weight is 292 g/mol. The molecule has 0 spiro atoms. The number of aliphatic hydroxyl groups is 1. The summed E-state index contributed by atoms with van der Waals surface area (Å²) in [7, 11) is 1.33. The molecule has 6 heteroatoms. The number of amides is 1. The van der Waals surface area contributed by atoms with Gasteiger partial charge in [-0.15, -0.1) is 0 Å². The number of hydrogen-bond acceptors (Lipinski definition) is 5. The maximum Gasteiger partial charge on any atom is 0.337 e. The van der Waals surface area contributed by atoms with E-state index in [1.165, 1.54) is 7.11 Å². The Hall–Kier alpha value is -1.92. The van der Waals surface area contributed by atoms with Crippen LogP contribution in [0.1, 0.15) is 28.8 Å². The fourth-order valence-corrected chi connectivity index (χ4v) is 2.47. The Bertz CT molecular complexity index is 505. The number of carbonyl (C=O) groups excluding carboxylic acids is 2. The number of aliphatic hydroxyl groups excluding tert-OH is 1. The van der Waals surface area contributed by atoms with Gasteiger partial charge >= 0.3 is 5.97 Å². The van der Waals surface area contributed by atoms with Gasteiger partial charge in [0.2, 0.25) is 5.91 Å². The van der Waals surface area contributed by atoms with Gasteiger partial charge in [0.1, 0.15) is 0 Å². The standard InChI is InChI=1S/C15H20N2O4/c1-21-15(20)10-4-2-9(3-5-10)8-17-14(19)11-6-12(16)13(18)7-11/h2-5,11-13,18H,6-8,16H2,1H3,(H,17,19)/t11-,12-,13-/m0/s1. The van der Waals surface area contributed by atoms with Crippen LogP contribution in [0, 0.1) is 5.92 Å². The van der Waals surface area contributed by atoms with Crippen LogP contribution in [0.25, 0.3) is 0 Å². The second-order valence-electron chi connectivity index (χ2n) is 5.31. The van der Waals surface area contributed by atoms with Crippen LogP contribution in [-0.4, -0.2) is 36.2 Å². The summed E-state index contributed by atoms with van der Waals surface area (Å²) in [5.41, 5.74) is 7.06. The minimum atomic E-state index is -0.597. The molecule has 1 aromatic carbocycles. The van der Waals surface area contributed by atoms with Crippen LogP contribution in [0.5, 0.6) is 0 Å². The van der Waals surface area contributed by atoms with Crippen LogP contribution in [0.2, 0.25) is 0 Å². The summed E-state index contributed by atoms with van der Waals surface area (Å²) < 4.78 is 4.62. The number of nitrogens with two attached hydrogens (primary N) is 1. The maximum atomic E-state index is 12.0. The van der Waals surface area contributed by atoms with Gasteiger partial charge in [-0.1, -0.05) is 12.1 Å². The van der Waals surface area contributed by atoms with Crippen LogP contribution in [-0.2, 0) is 16.1 Å². The van der Waals surface area contributed by atoms with E-state index in [4.69, 9.17) is 5.73 Å². The fraction of sp³-hybridized carbons (Fsp3) is 0.467. The summed E-state index contributed by atoms with van der Waals surface area (Å²) >= 11 is 0. The zero-order valence-corrected chi connectivity index (χ0v) is 11.9. The lowest BCUT2D eigenvalue weighted by atomic mass is 10.1. The van der Waals surface area contributed by atoms with Gasteiger partial charge in [0.05, 0.1) is 18.8 Å². The maximum absolute atomic E-state index is 12.0. The van der Waals surface area contributed by atoms with Crippen molar-refractivity contribution in [2.24, 2.45) is 11.7 Å². The largest absolute Gasteiger partial charge is 0.465 e. The quantitative estimate of drug-likeness (QED) is 0.688. The summed E-state index contributed by atoms with van der Waals surface area (Å²) in [6.07, 6.45) is 0.322. The Morgan fingerprint density at radius 2 is 2.00 bits per heavy atom. The van der Waals surface area contributed by atoms with E-state index in [1.54, 1.807) is 24.3 Å². The monoisotopic (exact) mass is 292 g/mol. The van der Waals surface area contributed by atoms with Crippen LogP contribution in [0.15, 0.2) is 24.3 Å². The molecule has 0 unspecified atom stereocenters. The minimum Gasteiger partial charge on any atom is -0.465 e. The number of ether oxygens (including phenoxy) is 1. The number of nitrogens with one attached hydrogen (secondary N) is 1. The van der Waals surface area contributed by atoms with E-state index in [9.17, 15) is 14.7 Å². The summed E-state index contributed by atoms with van der Waals surface area (Å²) in [5.74, 6) is -0.720. The molecular formula is C15H20N2O4. The first-order valence-electron chi connectivity index (χ1n) is 6.90. The van der Waals surface area contributed by atoms with Crippen LogP contribution >= 0.6 is 0 Å². The normalized spacial score (nSPS) is 24.6. The number of esters is 1. The van der Waals surface area contributed by atoms with Crippen molar-refractivity contribution in [3.05, 3.63) is 35.4 Å². The molecule has 4 N–H and O–H groups in total. The Balaban J connectivity index is 1.85. The van der Waals surface area contributed by atoms with Crippen molar-refractivity contribution in [3.63, 3.8) is 0 Å². The zero-order valence-electron chi connectivity index (χ0n) is 11.9. The highest BCUT2D eigenvalue weighted by Crippen LogP contribution is 2.24. The first-order chi connectivity index (χ1) is 10.0. The highest BCUT2D eigenvalue weighted by molar-refractivity contribution is 5.89. The summed E-state index contributed by atoms with van der Waals surface area (Å²) in [5, 5.41) is 12.4. The van der Waals surface area contributed by atoms with Gasteiger partial charge in [0, 0.05) is 18.5 Å². The molecule has 1 aromatic rings. The first-order valence-corrected chi connectivity index (χ1v) is 6.90. The van der Waals surface area contributed by atoms with Gasteiger partial charge < -0.3 is 20.9 Å². The minimum absolute atomic E-state index is 0.0981. The molecule has 1 aliphatic carbocycles. The molecule has 3 atom stereocenters. The van der Waals surface area contributed by atoms with E-state index in [-0.39, 0.29) is 23.8 Å². The van der Waals surface area contributed by atoms with Crippen molar-refractivity contribution in [3.8, 4) is 0 Å². The molecule has 21 heavy (non-hydrogen) atoms. The van der Waals surface area contributed by atoms with Crippen molar-refractivity contribution in [1.29, 1.82) is 0 Å². The topological polar surface area (TPSA) is 102 Å². The Morgan fingerprint density at radius 1 is 1.33 bits per heavy atom. The van der Waals surface area contributed by atoms with Gasteiger partial charge in [0.25, 0.3) is 0 Å². The molecule has 0 aromatic heterocycles. The highest BCUT2D eigenvalue weighted by atomic mass is 16.5. The van der Waals surface area contributed by atoms with Crippen LogP contribution in [0.4, 0.5) is 0 Å². The number of methoxy groups -OCH3 is 1. The molecular weight excluding hydrogens is 272 g/mol. The number of hydrogen-bond donors (Lipinski definition) is 3. The Kier molecular flexibility index (Phi) is 4.93. The third-order valence-corrected chi connectivity index (χ3v) is 3.79. The van der Waals surface area contributed by atoms with E-state index in [2.05, 4.69) is 10.1 Å². The summed E-state index contributed by atoms with van der Waals surface area (Å²) in [6.45, 7) is 0.377. The van der Waals surface area contributed by atoms with Crippen molar-refractivity contribution in [2.75, 3.05) is 7.11 Å². The molecule has 0 heterocycles. The second kappa shape index (κ2) is 6.69. The predicted molar refractivity (Wildman–Crippen MR) is 76.3 cm³/mol. The van der Waals surface area contributed by atoms with Crippen molar-refractivity contribution < 1.29 is 19.4 Å². The van der Waals surface area contributed by atoms with Gasteiger partial charge in [-0.25, -0.2) is 4.79 Å². The molecule has 1 amide bonds. The van der Waals surface area contributed by atoms with Crippen LogP contribution in [0.3, 0.4) is 0 Å². The van der Waals surface area contributed by atoms with Crippen molar-refractivity contribution in [1.82, 2.24) is 5.32 Å². The molecule has 6 nitrogen and oxygen atoms in total. The van der Waals surface area contributed by atoms with Gasteiger partial charge in [0.15, 0.2) is 0 Å². The highest BCUT2D eigenvalue weighted by Gasteiger charge is 2.34. The van der Waals surface area contributed by atoms with E-state index < -0.39 is 6.10 Å². The van der Waals surface area contributed by atoms with Gasteiger partial charge in [-0.2, -0.15) is 0 Å². The number of rotatable bonds is 4. The Labute approximate surface area is 123 Å². The van der Waals surface area contributed by atoms with E-state index in [1.807, 2.05) is 0 Å². The van der Waals surface area contributed by atoms with Crippen LogP contribution < -0.4 is 11.1 Å². The fourth-order valence-electron chi connectivity index (χ4n) is 2.47. The van der Waals surface area contributed by atoms with Gasteiger partial charge in [-0.3, -0.25) is 4.79 Å². The molecule has 0 saturated heterocycles. The first kappa shape index (κ1) is 15.5. The average Bonchev–Trinajstić information content (AvgIpc) is 2.84. The third-order valence-electron chi connectivity index (χ3n) is 3.79. The van der Waals surface area contributed by atoms with E-state index >= 15 is 0 Å². The van der Waals surface area contributed by atoms with Crippen molar-refractivity contribution in [2.45, 2.75) is 31.5 Å².